The summed E-state index contributed by atoms with van der Waals surface area (Å²) in [5.74, 6) is 2.15. The van der Waals surface area contributed by atoms with Crippen LogP contribution in [0.3, 0.4) is 0 Å². The third-order valence-corrected chi connectivity index (χ3v) is 6.41. The van der Waals surface area contributed by atoms with Crippen molar-refractivity contribution in [3.63, 3.8) is 0 Å². The minimum absolute atomic E-state index is 0. The number of halogens is 1. The van der Waals surface area contributed by atoms with Crippen LogP contribution < -0.4 is 14.8 Å². The van der Waals surface area contributed by atoms with E-state index in [2.05, 4.69) is 17.3 Å². The third-order valence-electron chi connectivity index (χ3n) is 5.21. The lowest BCUT2D eigenvalue weighted by atomic mass is 9.96. The largest absolute Gasteiger partial charge is 0.493 e. The molecule has 1 aromatic carbocycles. The molecule has 8 heteroatoms. The van der Waals surface area contributed by atoms with Gasteiger partial charge in [-0.05, 0) is 25.0 Å². The van der Waals surface area contributed by atoms with Crippen molar-refractivity contribution in [1.29, 1.82) is 0 Å². The Morgan fingerprint density at radius 3 is 2.61 bits per heavy atom. The molecule has 0 radical (unpaired) electrons. The average Bonchev–Trinajstić information content (AvgIpc) is 3.02. The fraction of sp³-hybridized carbons (Fsp3) is 0.600. The third kappa shape index (κ3) is 5.70. The van der Waals surface area contributed by atoms with Gasteiger partial charge >= 0.3 is 0 Å². The zero-order valence-corrected chi connectivity index (χ0v) is 18.4. The number of carbonyl (C=O) groups excluding carboxylic acids is 1. The second-order valence-electron chi connectivity index (χ2n) is 7.10. The van der Waals surface area contributed by atoms with Gasteiger partial charge in [0.25, 0.3) is 0 Å². The summed E-state index contributed by atoms with van der Waals surface area (Å²) >= 11 is 1.77. The van der Waals surface area contributed by atoms with Crippen molar-refractivity contribution in [1.82, 2.24) is 4.90 Å². The smallest absolute Gasteiger partial charge is 0.226 e. The molecule has 1 amide bonds. The van der Waals surface area contributed by atoms with Gasteiger partial charge in [-0.25, -0.2) is 0 Å². The molecule has 1 saturated carbocycles. The number of benzene rings is 1. The fourth-order valence-electron chi connectivity index (χ4n) is 3.57. The quantitative estimate of drug-likeness (QED) is 0.737. The first kappa shape index (κ1) is 22.7. The van der Waals surface area contributed by atoms with Gasteiger partial charge in [0.05, 0.1) is 20.3 Å². The Labute approximate surface area is 177 Å². The molecule has 1 N–H and O–H groups in total. The number of nitrogens with zero attached hydrogens (tertiary/aromatic N) is 2. The first-order valence-corrected chi connectivity index (χ1v) is 10.5. The van der Waals surface area contributed by atoms with Crippen LogP contribution in [0.15, 0.2) is 23.2 Å². The molecule has 0 bridgehead atoms. The van der Waals surface area contributed by atoms with Crippen LogP contribution in [0.2, 0.25) is 0 Å². The minimum atomic E-state index is -0.00131. The van der Waals surface area contributed by atoms with Crippen molar-refractivity contribution in [2.75, 3.05) is 32.3 Å². The second-order valence-corrected chi connectivity index (χ2v) is 8.09. The number of ether oxygens (including phenoxy) is 2. The molecule has 1 aliphatic heterocycles. The molecule has 2 aliphatic rings. The van der Waals surface area contributed by atoms with E-state index in [9.17, 15) is 4.79 Å². The Bertz CT molecular complexity index is 695. The van der Waals surface area contributed by atoms with E-state index in [4.69, 9.17) is 14.5 Å². The molecule has 28 heavy (non-hydrogen) atoms. The molecule has 156 valence electrons. The van der Waals surface area contributed by atoms with E-state index in [1.807, 2.05) is 6.07 Å². The summed E-state index contributed by atoms with van der Waals surface area (Å²) in [6.45, 7) is 0. The lowest BCUT2D eigenvalue weighted by molar-refractivity contribution is -0.116. The normalized spacial score (nSPS) is 21.3. The van der Waals surface area contributed by atoms with Crippen LogP contribution in [0.5, 0.6) is 11.5 Å². The van der Waals surface area contributed by atoms with Gasteiger partial charge in [-0.1, -0.05) is 31.0 Å². The van der Waals surface area contributed by atoms with E-state index in [-0.39, 0.29) is 24.4 Å². The van der Waals surface area contributed by atoms with Gasteiger partial charge in [0.15, 0.2) is 16.7 Å². The van der Waals surface area contributed by atoms with Crippen LogP contribution in [0.25, 0.3) is 0 Å². The highest BCUT2D eigenvalue weighted by Crippen LogP contribution is 2.31. The molecule has 1 heterocycles. The summed E-state index contributed by atoms with van der Waals surface area (Å²) in [5.41, 5.74) is 0.710. The van der Waals surface area contributed by atoms with Crippen LogP contribution in [0.4, 0.5) is 5.69 Å². The summed E-state index contributed by atoms with van der Waals surface area (Å²) in [7, 11) is 5.23. The zero-order chi connectivity index (χ0) is 19.2. The number of hydrogen-bond donors (Lipinski definition) is 1. The van der Waals surface area contributed by atoms with Crippen molar-refractivity contribution in [3.8, 4) is 11.5 Å². The van der Waals surface area contributed by atoms with Crippen LogP contribution in [-0.2, 0) is 4.79 Å². The maximum absolute atomic E-state index is 12.5. The van der Waals surface area contributed by atoms with E-state index in [0.29, 0.717) is 29.6 Å². The Balaban J connectivity index is 0.00000280. The predicted molar refractivity (Wildman–Crippen MR) is 118 cm³/mol. The van der Waals surface area contributed by atoms with Crippen LogP contribution in [0, 0.1) is 0 Å². The highest BCUT2D eigenvalue weighted by Gasteiger charge is 2.30. The van der Waals surface area contributed by atoms with Gasteiger partial charge in [-0.15, -0.1) is 12.4 Å². The van der Waals surface area contributed by atoms with Crippen LogP contribution >= 0.6 is 24.2 Å². The maximum atomic E-state index is 12.5. The summed E-state index contributed by atoms with van der Waals surface area (Å²) in [4.78, 5) is 19.6. The SMILES string of the molecule is COc1ccc(NC(=O)CC2CS/C(=N\C3CCCCC3)N2C)cc1OC.Cl. The van der Waals surface area contributed by atoms with E-state index in [1.165, 1.54) is 32.1 Å². The van der Waals surface area contributed by atoms with Gasteiger partial charge < -0.3 is 19.7 Å². The summed E-state index contributed by atoms with van der Waals surface area (Å²) in [6.07, 6.45) is 6.75. The summed E-state index contributed by atoms with van der Waals surface area (Å²) in [5, 5.41) is 4.05. The molecular formula is C20H30ClN3O3S. The maximum Gasteiger partial charge on any atom is 0.226 e. The predicted octanol–water partition coefficient (Wildman–Crippen LogP) is 4.19. The molecule has 1 aliphatic carbocycles. The zero-order valence-electron chi connectivity index (χ0n) is 16.8. The monoisotopic (exact) mass is 427 g/mol. The number of anilines is 1. The summed E-state index contributed by atoms with van der Waals surface area (Å²) < 4.78 is 10.5. The molecular weight excluding hydrogens is 398 g/mol. The number of hydrogen-bond acceptors (Lipinski definition) is 5. The number of amidine groups is 1. The Morgan fingerprint density at radius 2 is 1.93 bits per heavy atom. The molecule has 0 spiro atoms. The number of thioether (sulfide) groups is 1. The Kier molecular flexibility index (Phi) is 8.76. The number of rotatable bonds is 6. The van der Waals surface area contributed by atoms with Crippen molar-refractivity contribution in [2.45, 2.75) is 50.6 Å². The van der Waals surface area contributed by atoms with Gasteiger partial charge in [0.1, 0.15) is 0 Å². The molecule has 0 aromatic heterocycles. The van der Waals surface area contributed by atoms with Gasteiger partial charge in [-0.3, -0.25) is 9.79 Å². The number of nitrogens with one attached hydrogen (secondary N) is 1. The molecule has 1 saturated heterocycles. The standard InChI is InChI=1S/C20H29N3O3S.ClH/c1-23-16(13-27-20(23)22-14-7-5-4-6-8-14)12-19(24)21-15-9-10-17(25-2)18(11-15)26-3;/h9-11,14,16H,4-8,12-13H2,1-3H3,(H,21,24);1H/b22-20-;. The first-order chi connectivity index (χ1) is 13.1. The van der Waals surface area contributed by atoms with Gasteiger partial charge in [0, 0.05) is 37.0 Å². The molecule has 1 unspecified atom stereocenters. The minimum Gasteiger partial charge on any atom is -0.493 e. The number of amides is 1. The molecule has 6 nitrogen and oxygen atoms in total. The highest BCUT2D eigenvalue weighted by molar-refractivity contribution is 8.14. The van der Waals surface area contributed by atoms with Crippen LogP contribution in [0.1, 0.15) is 38.5 Å². The van der Waals surface area contributed by atoms with E-state index >= 15 is 0 Å². The van der Waals surface area contributed by atoms with Crippen molar-refractivity contribution < 1.29 is 14.3 Å². The van der Waals surface area contributed by atoms with Gasteiger partial charge in [-0.2, -0.15) is 0 Å². The van der Waals surface area contributed by atoms with Gasteiger partial charge in [0.2, 0.25) is 5.91 Å². The van der Waals surface area contributed by atoms with Crippen LogP contribution in [-0.4, -0.2) is 55.1 Å². The average molecular weight is 428 g/mol. The highest BCUT2D eigenvalue weighted by atomic mass is 35.5. The van der Waals surface area contributed by atoms with Crippen molar-refractivity contribution >= 4 is 40.9 Å². The summed E-state index contributed by atoms with van der Waals surface area (Å²) in [6, 6.07) is 6.03. The fourth-order valence-corrected chi connectivity index (χ4v) is 4.83. The molecule has 1 aromatic rings. The van der Waals surface area contributed by atoms with E-state index < -0.39 is 0 Å². The molecule has 2 fully saturated rings. The van der Waals surface area contributed by atoms with E-state index in [0.717, 1.165) is 10.9 Å². The lowest BCUT2D eigenvalue weighted by Crippen LogP contribution is -2.34. The number of carbonyl (C=O) groups is 1. The first-order valence-electron chi connectivity index (χ1n) is 9.56. The number of aliphatic imine (C=N–C) groups is 1. The van der Waals surface area contributed by atoms with Crippen molar-refractivity contribution in [2.24, 2.45) is 4.99 Å². The lowest BCUT2D eigenvalue weighted by Gasteiger charge is -2.23. The van der Waals surface area contributed by atoms with Crippen molar-refractivity contribution in [3.05, 3.63) is 18.2 Å². The number of methoxy groups -OCH3 is 2. The molecule has 3 rings (SSSR count). The molecule has 1 atom stereocenters. The second kappa shape index (κ2) is 10.8. The topological polar surface area (TPSA) is 63.2 Å². The Morgan fingerprint density at radius 1 is 1.21 bits per heavy atom. The van der Waals surface area contributed by atoms with E-state index in [1.54, 1.807) is 38.1 Å². The Hall–Kier alpha value is -1.60.